The molecule has 0 radical (unpaired) electrons. The number of hydrogen-bond donors (Lipinski definition) is 1. The van der Waals surface area contributed by atoms with E-state index in [2.05, 4.69) is 84.6 Å². The maximum atomic E-state index is 14.6. The molecule has 9 rings (SSSR count). The van der Waals surface area contributed by atoms with E-state index in [1.807, 2.05) is 19.9 Å². The second-order valence-corrected chi connectivity index (χ2v) is 19.9. The molecule has 0 amide bonds. The number of piperidine rings is 1. The number of methoxy groups -OCH3 is 1. The topological polar surface area (TPSA) is 84.2 Å². The van der Waals surface area contributed by atoms with Crippen LogP contribution in [0.15, 0.2) is 24.5 Å². The Kier molecular flexibility index (Phi) is 14.7. The van der Waals surface area contributed by atoms with Crippen LogP contribution in [0.5, 0.6) is 6.01 Å². The number of hydrogen-bond acceptors (Lipinski definition) is 10. The molecule has 3 saturated heterocycles. The normalized spacial score (nSPS) is 21.7. The predicted octanol–water partition coefficient (Wildman–Crippen LogP) is 11.5. The molecule has 9 nitrogen and oxygen atoms in total. The number of aromatic nitrogens is 5. The SMILES string of the molecule is CC.COc1nc(N2CC3CCC(C2)N3)c2c(n1)sc1c(-c3c(C(F)(F)F)c(C)cc4c3cnn4PI)nccc12.FC1(F)CC1CN1CCC(CCC#CSI)CC1. The first-order chi connectivity index (χ1) is 28.4. The molecule has 1 aromatic carbocycles. The van der Waals surface area contributed by atoms with E-state index in [9.17, 15) is 22.0 Å². The van der Waals surface area contributed by atoms with Gasteiger partial charge in [-0.2, -0.15) is 28.2 Å². The molecule has 4 unspecified atom stereocenters. The number of alkyl halides is 5. The van der Waals surface area contributed by atoms with E-state index in [1.165, 1.54) is 40.5 Å². The highest BCUT2D eigenvalue weighted by Gasteiger charge is 2.57. The van der Waals surface area contributed by atoms with Gasteiger partial charge >= 0.3 is 12.2 Å². The number of halogens is 7. The molecule has 1 N–H and O–H groups in total. The zero-order chi connectivity index (χ0) is 42.1. The van der Waals surface area contributed by atoms with Gasteiger partial charge < -0.3 is 19.9 Å². The van der Waals surface area contributed by atoms with Crippen molar-refractivity contribution in [3.63, 3.8) is 0 Å². The van der Waals surface area contributed by atoms with Crippen molar-refractivity contribution in [3.05, 3.63) is 35.7 Å². The molecule has 4 atom stereocenters. The molecule has 5 aromatic rings. The molecule has 4 fully saturated rings. The summed E-state index contributed by atoms with van der Waals surface area (Å²) in [6, 6.07) is 4.42. The standard InChI is InChI=1S/C25H22F3IN7OPS.C13H18F2INS.C2H6/c1-11-7-16-15(8-31-36(16)38-29)17(19(11)25(26,27)28)20-21-14(5-6-30-20)18-22(33-24(37-2)34-23(18)39-21)35-9-12-3-4-13(10-35)32-12;14-13(15)9-12(13)10-17-6-4-11(5-7-17)3-1-2-8-18-16;1-2/h5-8,12-13,32,38H,3-4,9-10H2,1-2H3;11-12H,1,3-7,9-10H2;1-2H3. The minimum absolute atomic E-state index is 0.0530. The highest BCUT2D eigenvalue weighted by atomic mass is 127. The summed E-state index contributed by atoms with van der Waals surface area (Å²) >= 11 is 5.68. The fourth-order valence-corrected chi connectivity index (χ4v) is 11.9. The summed E-state index contributed by atoms with van der Waals surface area (Å²) < 4.78 is 77.3. The molecular formula is C40H46F5I2N8OPS2. The van der Waals surface area contributed by atoms with Gasteiger partial charge in [-0.1, -0.05) is 19.8 Å². The lowest BCUT2D eigenvalue weighted by Crippen LogP contribution is -2.51. The van der Waals surface area contributed by atoms with Crippen LogP contribution in [-0.4, -0.2) is 87.2 Å². The molecule has 2 bridgehead atoms. The largest absolute Gasteiger partial charge is 0.467 e. The number of likely N-dealkylation sites (tertiary alicyclic amines) is 1. The van der Waals surface area contributed by atoms with Gasteiger partial charge in [-0.3, -0.25) is 4.98 Å². The van der Waals surface area contributed by atoms with Crippen LogP contribution in [0, 0.1) is 29.9 Å². The zero-order valence-electron chi connectivity index (χ0n) is 33.1. The van der Waals surface area contributed by atoms with Crippen LogP contribution in [0.4, 0.5) is 27.8 Å². The van der Waals surface area contributed by atoms with Crippen molar-refractivity contribution in [3.8, 4) is 28.4 Å². The number of nitrogens with one attached hydrogen (secondary N) is 1. The molecule has 19 heteroatoms. The molecule has 318 valence electrons. The maximum Gasteiger partial charge on any atom is 0.417 e. The molecule has 7 heterocycles. The first-order valence-electron chi connectivity index (χ1n) is 19.8. The third kappa shape index (κ3) is 9.86. The molecular weight excluding hydrogens is 1050 g/mol. The number of ether oxygens (including phenoxy) is 1. The summed E-state index contributed by atoms with van der Waals surface area (Å²) in [6.07, 6.45) is 5.54. The lowest BCUT2D eigenvalue weighted by molar-refractivity contribution is -0.137. The number of fused-ring (bicyclic) bond motifs is 6. The highest BCUT2D eigenvalue weighted by molar-refractivity contribution is 14.2. The minimum atomic E-state index is -4.57. The van der Waals surface area contributed by atoms with Crippen LogP contribution in [0.25, 0.3) is 42.5 Å². The van der Waals surface area contributed by atoms with Gasteiger partial charge in [0.05, 0.1) is 46.5 Å². The first kappa shape index (κ1) is 45.1. The van der Waals surface area contributed by atoms with Crippen molar-refractivity contribution in [2.45, 2.75) is 89.9 Å². The predicted molar refractivity (Wildman–Crippen MR) is 250 cm³/mol. The van der Waals surface area contributed by atoms with Gasteiger partial charge in [-0.05, 0) is 112 Å². The molecule has 4 aromatic heterocycles. The van der Waals surface area contributed by atoms with Gasteiger partial charge in [0.1, 0.15) is 10.6 Å². The third-order valence-electron chi connectivity index (χ3n) is 11.5. The van der Waals surface area contributed by atoms with Crippen molar-refractivity contribution in [2.75, 3.05) is 44.7 Å². The van der Waals surface area contributed by atoms with Crippen molar-refractivity contribution < 1.29 is 26.7 Å². The highest BCUT2D eigenvalue weighted by Crippen LogP contribution is 2.50. The summed E-state index contributed by atoms with van der Waals surface area (Å²) in [5.74, 6) is 1.92. The summed E-state index contributed by atoms with van der Waals surface area (Å²) in [5, 5.41) is 13.1. The van der Waals surface area contributed by atoms with E-state index in [0.717, 1.165) is 87.2 Å². The van der Waals surface area contributed by atoms with E-state index in [4.69, 9.17) is 9.72 Å². The number of benzene rings is 1. The summed E-state index contributed by atoms with van der Waals surface area (Å²) in [4.78, 5) is 19.1. The van der Waals surface area contributed by atoms with Crippen LogP contribution < -0.4 is 15.0 Å². The quantitative estimate of drug-likeness (QED) is 0.0707. The minimum Gasteiger partial charge on any atom is -0.467 e. The summed E-state index contributed by atoms with van der Waals surface area (Å²) in [7, 11) is 3.06. The Labute approximate surface area is 376 Å². The van der Waals surface area contributed by atoms with E-state index in [1.54, 1.807) is 16.7 Å². The Bertz CT molecular complexity index is 2330. The van der Waals surface area contributed by atoms with E-state index >= 15 is 0 Å². The van der Waals surface area contributed by atoms with Crippen molar-refractivity contribution in [1.29, 1.82) is 0 Å². The zero-order valence-corrected chi connectivity index (χ0v) is 40.1. The lowest BCUT2D eigenvalue weighted by atomic mass is 9.92. The fourth-order valence-electron chi connectivity index (χ4n) is 8.60. The number of nitrogens with zero attached hydrogens (tertiary/aromatic N) is 7. The molecule has 1 saturated carbocycles. The third-order valence-corrected chi connectivity index (χ3v) is 15.4. The van der Waals surface area contributed by atoms with Crippen molar-refractivity contribution >= 4 is 107 Å². The number of piperazine rings is 1. The smallest absolute Gasteiger partial charge is 0.417 e. The Hall–Kier alpha value is -1.89. The van der Waals surface area contributed by atoms with Gasteiger partial charge in [0.2, 0.25) is 0 Å². The van der Waals surface area contributed by atoms with E-state index in [-0.39, 0.29) is 41.5 Å². The molecule has 1 aliphatic carbocycles. The Balaban J connectivity index is 0.000000222. The first-order valence-corrected chi connectivity index (χ1v) is 28.1. The van der Waals surface area contributed by atoms with Crippen molar-refractivity contribution in [2.24, 2.45) is 11.8 Å². The number of rotatable bonds is 8. The average molecular weight is 1100 g/mol. The summed E-state index contributed by atoms with van der Waals surface area (Å²) in [6.45, 7) is 9.68. The monoisotopic (exact) mass is 1100 g/mol. The van der Waals surface area contributed by atoms with Crippen LogP contribution in [-0.2, 0) is 6.18 Å². The maximum absolute atomic E-state index is 14.6. The lowest BCUT2D eigenvalue weighted by Gasteiger charge is -2.34. The van der Waals surface area contributed by atoms with Crippen LogP contribution in [0.1, 0.15) is 69.9 Å². The van der Waals surface area contributed by atoms with Crippen LogP contribution in [0.3, 0.4) is 0 Å². The van der Waals surface area contributed by atoms with Gasteiger partial charge in [-0.25, -0.2) is 13.2 Å². The fraction of sp³-hybridized carbons (Fsp3) is 0.550. The van der Waals surface area contributed by atoms with Gasteiger partial charge in [0.25, 0.3) is 5.92 Å². The van der Waals surface area contributed by atoms with Gasteiger partial charge in [-0.15, -0.1) is 11.3 Å². The van der Waals surface area contributed by atoms with Crippen LogP contribution >= 0.6 is 69.9 Å². The number of pyridine rings is 1. The second-order valence-electron chi connectivity index (χ2n) is 15.2. The Morgan fingerprint density at radius 2 is 1.81 bits per heavy atom. The molecule has 0 spiro atoms. The number of aryl methyl sites for hydroxylation is 1. The average Bonchev–Trinajstić information content (AvgIpc) is 3.57. The molecule has 3 aliphatic heterocycles. The second kappa shape index (κ2) is 19.2. The Morgan fingerprint density at radius 1 is 1.10 bits per heavy atom. The van der Waals surface area contributed by atoms with Gasteiger partial charge in [0.15, 0.2) is 0 Å². The number of thiophene rings is 1. The van der Waals surface area contributed by atoms with E-state index in [0.29, 0.717) is 39.1 Å². The molecule has 4 aliphatic rings. The Morgan fingerprint density at radius 3 is 2.44 bits per heavy atom. The molecule has 59 heavy (non-hydrogen) atoms. The van der Waals surface area contributed by atoms with Crippen molar-refractivity contribution in [1.82, 2.24) is 34.7 Å². The summed E-state index contributed by atoms with van der Waals surface area (Å²) in [5.41, 5.74) is 0.433. The van der Waals surface area contributed by atoms with Gasteiger partial charge in [0, 0.05) is 94.2 Å². The van der Waals surface area contributed by atoms with Crippen LogP contribution in [0.2, 0.25) is 0 Å². The van der Waals surface area contributed by atoms with E-state index < -0.39 is 17.7 Å². The number of anilines is 1.